The highest BCUT2D eigenvalue weighted by atomic mass is 16.1. The second-order valence-corrected chi connectivity index (χ2v) is 3.89. The van der Waals surface area contributed by atoms with Crippen molar-refractivity contribution in [1.29, 1.82) is 0 Å². The quantitative estimate of drug-likeness (QED) is 0.644. The summed E-state index contributed by atoms with van der Waals surface area (Å²) >= 11 is 0. The summed E-state index contributed by atoms with van der Waals surface area (Å²) < 4.78 is 0. The van der Waals surface area contributed by atoms with Crippen LogP contribution >= 0.6 is 0 Å². The molecule has 0 saturated heterocycles. The van der Waals surface area contributed by atoms with E-state index in [4.69, 9.17) is 5.73 Å². The lowest BCUT2D eigenvalue weighted by Crippen LogP contribution is -2.42. The van der Waals surface area contributed by atoms with Crippen molar-refractivity contribution in [3.8, 4) is 0 Å². The predicted octanol–water partition coefficient (Wildman–Crippen LogP) is 0.180. The SMILES string of the molecule is CCN(C)C(CN)CC(=O)NC(C)C. The van der Waals surface area contributed by atoms with Gasteiger partial charge in [0, 0.05) is 25.0 Å². The van der Waals surface area contributed by atoms with Crippen LogP contribution in [0.25, 0.3) is 0 Å². The van der Waals surface area contributed by atoms with E-state index in [-0.39, 0.29) is 18.0 Å². The van der Waals surface area contributed by atoms with Crippen molar-refractivity contribution in [2.75, 3.05) is 20.1 Å². The molecule has 4 nitrogen and oxygen atoms in total. The van der Waals surface area contributed by atoms with Crippen molar-refractivity contribution in [2.24, 2.45) is 5.73 Å². The molecule has 0 aliphatic carbocycles. The first-order valence-corrected chi connectivity index (χ1v) is 5.20. The van der Waals surface area contributed by atoms with Crippen LogP contribution in [-0.2, 0) is 4.79 Å². The first kappa shape index (κ1) is 13.4. The molecule has 0 fully saturated rings. The lowest BCUT2D eigenvalue weighted by Gasteiger charge is -2.25. The average Bonchev–Trinajstić information content (AvgIpc) is 2.11. The van der Waals surface area contributed by atoms with E-state index in [1.165, 1.54) is 0 Å². The minimum Gasteiger partial charge on any atom is -0.354 e. The summed E-state index contributed by atoms with van der Waals surface area (Å²) in [7, 11) is 1.99. The van der Waals surface area contributed by atoms with Gasteiger partial charge in [-0.05, 0) is 27.4 Å². The molecule has 3 N–H and O–H groups in total. The van der Waals surface area contributed by atoms with Crippen molar-refractivity contribution < 1.29 is 4.79 Å². The third kappa shape index (κ3) is 5.19. The molecule has 0 radical (unpaired) electrons. The molecule has 0 aromatic heterocycles. The molecule has 0 heterocycles. The van der Waals surface area contributed by atoms with Crippen molar-refractivity contribution in [2.45, 2.75) is 39.3 Å². The molecule has 0 spiro atoms. The van der Waals surface area contributed by atoms with Gasteiger partial charge in [0.25, 0.3) is 0 Å². The zero-order chi connectivity index (χ0) is 11.1. The van der Waals surface area contributed by atoms with E-state index < -0.39 is 0 Å². The summed E-state index contributed by atoms with van der Waals surface area (Å²) in [6.45, 7) is 7.41. The molecule has 84 valence electrons. The fraction of sp³-hybridized carbons (Fsp3) is 0.900. The summed E-state index contributed by atoms with van der Waals surface area (Å²) in [5, 5.41) is 2.87. The highest BCUT2D eigenvalue weighted by molar-refractivity contribution is 5.76. The Morgan fingerprint density at radius 1 is 1.50 bits per heavy atom. The molecule has 4 heteroatoms. The normalized spacial score (nSPS) is 13.4. The van der Waals surface area contributed by atoms with Gasteiger partial charge in [0.1, 0.15) is 0 Å². The Morgan fingerprint density at radius 2 is 2.07 bits per heavy atom. The maximum atomic E-state index is 11.4. The van der Waals surface area contributed by atoms with Crippen molar-refractivity contribution in [3.05, 3.63) is 0 Å². The number of nitrogens with one attached hydrogen (secondary N) is 1. The maximum Gasteiger partial charge on any atom is 0.221 e. The molecule has 1 atom stereocenters. The van der Waals surface area contributed by atoms with Gasteiger partial charge in [-0.15, -0.1) is 0 Å². The van der Waals surface area contributed by atoms with Crippen LogP contribution in [0.3, 0.4) is 0 Å². The van der Waals surface area contributed by atoms with E-state index in [0.29, 0.717) is 13.0 Å². The van der Waals surface area contributed by atoms with Crippen molar-refractivity contribution in [3.63, 3.8) is 0 Å². The number of carbonyl (C=O) groups is 1. The van der Waals surface area contributed by atoms with Crippen molar-refractivity contribution in [1.82, 2.24) is 10.2 Å². The molecule has 0 saturated carbocycles. The van der Waals surface area contributed by atoms with E-state index in [1.54, 1.807) is 0 Å². The van der Waals surface area contributed by atoms with Gasteiger partial charge >= 0.3 is 0 Å². The zero-order valence-corrected chi connectivity index (χ0v) is 9.71. The molecule has 1 amide bonds. The van der Waals surface area contributed by atoms with E-state index >= 15 is 0 Å². The number of likely N-dealkylation sites (N-methyl/N-ethyl adjacent to an activating group) is 1. The van der Waals surface area contributed by atoms with E-state index in [9.17, 15) is 4.79 Å². The summed E-state index contributed by atoms with van der Waals surface area (Å²) in [5.41, 5.74) is 5.61. The van der Waals surface area contributed by atoms with Gasteiger partial charge in [0.15, 0.2) is 0 Å². The smallest absolute Gasteiger partial charge is 0.221 e. The van der Waals surface area contributed by atoms with Crippen LogP contribution in [0.5, 0.6) is 0 Å². The van der Waals surface area contributed by atoms with Crippen LogP contribution in [0, 0.1) is 0 Å². The number of rotatable bonds is 6. The van der Waals surface area contributed by atoms with Gasteiger partial charge in [-0.3, -0.25) is 4.79 Å². The highest BCUT2D eigenvalue weighted by Crippen LogP contribution is 2.00. The van der Waals surface area contributed by atoms with Gasteiger partial charge in [-0.25, -0.2) is 0 Å². The van der Waals surface area contributed by atoms with Crippen LogP contribution in [-0.4, -0.2) is 43.0 Å². The second kappa shape index (κ2) is 6.79. The third-order valence-electron chi connectivity index (χ3n) is 2.26. The fourth-order valence-corrected chi connectivity index (χ4v) is 1.27. The fourth-order valence-electron chi connectivity index (χ4n) is 1.27. The van der Waals surface area contributed by atoms with Crippen LogP contribution in [0.4, 0.5) is 0 Å². The number of carbonyl (C=O) groups excluding carboxylic acids is 1. The van der Waals surface area contributed by atoms with Gasteiger partial charge < -0.3 is 16.0 Å². The lowest BCUT2D eigenvalue weighted by atomic mass is 10.1. The molecular formula is C10H23N3O. The van der Waals surface area contributed by atoms with E-state index in [2.05, 4.69) is 17.1 Å². The Hall–Kier alpha value is -0.610. The first-order chi connectivity index (χ1) is 6.51. The van der Waals surface area contributed by atoms with Gasteiger partial charge in [0.05, 0.1) is 0 Å². The van der Waals surface area contributed by atoms with Gasteiger partial charge in [-0.2, -0.15) is 0 Å². The first-order valence-electron chi connectivity index (χ1n) is 5.20. The Kier molecular flexibility index (Phi) is 6.49. The molecular weight excluding hydrogens is 178 g/mol. The molecule has 14 heavy (non-hydrogen) atoms. The number of hydrogen-bond donors (Lipinski definition) is 2. The number of amides is 1. The molecule has 0 aliphatic rings. The van der Waals surface area contributed by atoms with Crippen LogP contribution in [0.2, 0.25) is 0 Å². The molecule has 0 rings (SSSR count). The van der Waals surface area contributed by atoms with Crippen LogP contribution < -0.4 is 11.1 Å². The Morgan fingerprint density at radius 3 is 2.43 bits per heavy atom. The lowest BCUT2D eigenvalue weighted by molar-refractivity contribution is -0.122. The predicted molar refractivity (Wildman–Crippen MR) is 59.0 cm³/mol. The second-order valence-electron chi connectivity index (χ2n) is 3.89. The van der Waals surface area contributed by atoms with Crippen molar-refractivity contribution >= 4 is 5.91 Å². The number of nitrogens with two attached hydrogens (primary N) is 1. The van der Waals surface area contributed by atoms with Crippen LogP contribution in [0.1, 0.15) is 27.2 Å². The topological polar surface area (TPSA) is 58.4 Å². The molecule has 0 aliphatic heterocycles. The van der Waals surface area contributed by atoms with Gasteiger partial charge in [0.2, 0.25) is 5.91 Å². The highest BCUT2D eigenvalue weighted by Gasteiger charge is 2.15. The molecule has 0 aromatic rings. The monoisotopic (exact) mass is 201 g/mol. The Bertz CT molecular complexity index is 171. The van der Waals surface area contributed by atoms with Crippen LogP contribution in [0.15, 0.2) is 0 Å². The van der Waals surface area contributed by atoms with Gasteiger partial charge in [-0.1, -0.05) is 6.92 Å². The summed E-state index contributed by atoms with van der Waals surface area (Å²) in [5.74, 6) is 0.0794. The average molecular weight is 201 g/mol. The standard InChI is InChI=1S/C10H23N3O/c1-5-13(4)9(7-11)6-10(14)12-8(2)3/h8-9H,5-7,11H2,1-4H3,(H,12,14). The summed E-state index contributed by atoms with van der Waals surface area (Å²) in [6, 6.07) is 0.353. The minimum absolute atomic E-state index is 0.0794. The third-order valence-corrected chi connectivity index (χ3v) is 2.26. The number of nitrogens with zero attached hydrogens (tertiary/aromatic N) is 1. The largest absolute Gasteiger partial charge is 0.354 e. The van der Waals surface area contributed by atoms with E-state index in [0.717, 1.165) is 6.54 Å². The Balaban J connectivity index is 3.98. The molecule has 0 aromatic carbocycles. The Labute approximate surface area is 86.8 Å². The number of hydrogen-bond acceptors (Lipinski definition) is 3. The molecule has 1 unspecified atom stereocenters. The zero-order valence-electron chi connectivity index (χ0n) is 9.71. The van der Waals surface area contributed by atoms with E-state index in [1.807, 2.05) is 20.9 Å². The minimum atomic E-state index is 0.0794. The molecule has 0 bridgehead atoms. The maximum absolute atomic E-state index is 11.4. The summed E-state index contributed by atoms with van der Waals surface area (Å²) in [4.78, 5) is 13.5. The summed E-state index contributed by atoms with van der Waals surface area (Å²) in [6.07, 6.45) is 0.485.